The average molecular weight is 282 g/mol. The molecule has 1 N–H and O–H groups in total. The Hall–Kier alpha value is -0.840. The van der Waals surface area contributed by atoms with E-state index in [1.54, 1.807) is 0 Å². The Labute approximate surface area is 102 Å². The molecule has 1 aliphatic rings. The SMILES string of the molecule is Brc1c(C2CNCCO2)oc2ccccc12. The van der Waals surface area contributed by atoms with Crippen molar-refractivity contribution in [1.82, 2.24) is 5.32 Å². The zero-order chi connectivity index (χ0) is 11.0. The van der Waals surface area contributed by atoms with Gasteiger partial charge in [-0.15, -0.1) is 0 Å². The number of halogens is 1. The number of ether oxygens (including phenoxy) is 1. The molecule has 0 spiro atoms. The van der Waals surface area contributed by atoms with E-state index in [1.165, 1.54) is 0 Å². The first-order valence-corrected chi connectivity index (χ1v) is 6.15. The maximum Gasteiger partial charge on any atom is 0.149 e. The van der Waals surface area contributed by atoms with E-state index in [-0.39, 0.29) is 6.10 Å². The van der Waals surface area contributed by atoms with Crippen LogP contribution in [0.25, 0.3) is 11.0 Å². The molecular formula is C12H12BrNO2. The summed E-state index contributed by atoms with van der Waals surface area (Å²) in [4.78, 5) is 0. The molecule has 1 aromatic carbocycles. The van der Waals surface area contributed by atoms with Crippen molar-refractivity contribution < 1.29 is 9.15 Å². The Balaban J connectivity index is 2.05. The van der Waals surface area contributed by atoms with Gasteiger partial charge in [0.15, 0.2) is 0 Å². The van der Waals surface area contributed by atoms with Gasteiger partial charge in [0.1, 0.15) is 17.4 Å². The topological polar surface area (TPSA) is 34.4 Å². The molecule has 2 aromatic rings. The first-order chi connectivity index (χ1) is 7.86. The highest BCUT2D eigenvalue weighted by Crippen LogP contribution is 2.35. The second-order valence-electron chi connectivity index (χ2n) is 3.84. The molecule has 0 aliphatic carbocycles. The van der Waals surface area contributed by atoms with Crippen LogP contribution in [0.4, 0.5) is 0 Å². The van der Waals surface area contributed by atoms with E-state index in [4.69, 9.17) is 9.15 Å². The molecule has 2 heterocycles. The molecule has 0 amide bonds. The van der Waals surface area contributed by atoms with E-state index in [0.717, 1.165) is 40.9 Å². The smallest absolute Gasteiger partial charge is 0.149 e. The van der Waals surface area contributed by atoms with Crippen LogP contribution in [-0.4, -0.2) is 19.7 Å². The van der Waals surface area contributed by atoms with Gasteiger partial charge in [0, 0.05) is 18.5 Å². The van der Waals surface area contributed by atoms with E-state index in [2.05, 4.69) is 21.2 Å². The number of hydrogen-bond donors (Lipinski definition) is 1. The molecule has 1 unspecified atom stereocenters. The van der Waals surface area contributed by atoms with Gasteiger partial charge in [0.2, 0.25) is 0 Å². The van der Waals surface area contributed by atoms with Crippen molar-refractivity contribution in [2.45, 2.75) is 6.10 Å². The number of benzene rings is 1. The van der Waals surface area contributed by atoms with Crippen molar-refractivity contribution in [2.24, 2.45) is 0 Å². The summed E-state index contributed by atoms with van der Waals surface area (Å²) in [6.07, 6.45) is 0.00975. The highest BCUT2D eigenvalue weighted by Gasteiger charge is 2.23. The van der Waals surface area contributed by atoms with Crippen molar-refractivity contribution in [1.29, 1.82) is 0 Å². The highest BCUT2D eigenvalue weighted by molar-refractivity contribution is 9.10. The molecular weight excluding hydrogens is 270 g/mol. The second-order valence-corrected chi connectivity index (χ2v) is 4.63. The summed E-state index contributed by atoms with van der Waals surface area (Å²) in [6.45, 7) is 2.45. The Kier molecular flexibility index (Phi) is 2.71. The molecule has 1 fully saturated rings. The molecule has 1 aliphatic heterocycles. The summed E-state index contributed by atoms with van der Waals surface area (Å²) >= 11 is 3.59. The molecule has 3 nitrogen and oxygen atoms in total. The fraction of sp³-hybridized carbons (Fsp3) is 0.333. The van der Waals surface area contributed by atoms with Crippen molar-refractivity contribution >= 4 is 26.9 Å². The lowest BCUT2D eigenvalue weighted by molar-refractivity contribution is 0.0146. The minimum Gasteiger partial charge on any atom is -0.457 e. The quantitative estimate of drug-likeness (QED) is 0.873. The molecule has 1 atom stereocenters. The number of hydrogen-bond acceptors (Lipinski definition) is 3. The summed E-state index contributed by atoms with van der Waals surface area (Å²) in [5.41, 5.74) is 0.901. The predicted octanol–water partition coefficient (Wildman–Crippen LogP) is 2.86. The fourth-order valence-electron chi connectivity index (χ4n) is 1.97. The summed E-state index contributed by atoms with van der Waals surface area (Å²) in [5, 5.41) is 4.40. The summed E-state index contributed by atoms with van der Waals surface area (Å²) in [7, 11) is 0. The molecule has 16 heavy (non-hydrogen) atoms. The molecule has 84 valence electrons. The zero-order valence-corrected chi connectivity index (χ0v) is 10.3. The normalized spacial score (nSPS) is 21.4. The summed E-state index contributed by atoms with van der Waals surface area (Å²) < 4.78 is 12.5. The van der Waals surface area contributed by atoms with Gasteiger partial charge in [-0.3, -0.25) is 0 Å². The van der Waals surface area contributed by atoms with Crippen LogP contribution < -0.4 is 5.32 Å². The lowest BCUT2D eigenvalue weighted by Crippen LogP contribution is -2.33. The second kappa shape index (κ2) is 4.20. The van der Waals surface area contributed by atoms with Crippen LogP contribution in [0.15, 0.2) is 33.2 Å². The standard InChI is InChI=1S/C12H12BrNO2/c13-11-8-3-1-2-4-9(8)16-12(11)10-7-14-5-6-15-10/h1-4,10,14H,5-7H2. The van der Waals surface area contributed by atoms with Crippen LogP contribution in [0.1, 0.15) is 11.9 Å². The van der Waals surface area contributed by atoms with Gasteiger partial charge >= 0.3 is 0 Å². The minimum absolute atomic E-state index is 0.00975. The number of nitrogens with one attached hydrogen (secondary N) is 1. The van der Waals surface area contributed by atoms with Crippen LogP contribution in [0.2, 0.25) is 0 Å². The van der Waals surface area contributed by atoms with Gasteiger partial charge in [0.05, 0.1) is 11.1 Å². The minimum atomic E-state index is 0.00975. The summed E-state index contributed by atoms with van der Waals surface area (Å²) in [6, 6.07) is 8.00. The zero-order valence-electron chi connectivity index (χ0n) is 8.70. The maximum absolute atomic E-state index is 5.83. The molecule has 4 heteroatoms. The van der Waals surface area contributed by atoms with E-state index in [9.17, 15) is 0 Å². The van der Waals surface area contributed by atoms with Crippen LogP contribution in [0, 0.1) is 0 Å². The van der Waals surface area contributed by atoms with Gasteiger partial charge in [-0.1, -0.05) is 12.1 Å². The van der Waals surface area contributed by atoms with E-state index >= 15 is 0 Å². The van der Waals surface area contributed by atoms with Crippen molar-refractivity contribution in [3.05, 3.63) is 34.5 Å². The van der Waals surface area contributed by atoms with Crippen molar-refractivity contribution in [2.75, 3.05) is 19.7 Å². The molecule has 1 aromatic heterocycles. The number of fused-ring (bicyclic) bond motifs is 1. The number of furan rings is 1. The Bertz CT molecular complexity index is 503. The lowest BCUT2D eigenvalue weighted by Gasteiger charge is -2.22. The van der Waals surface area contributed by atoms with E-state index < -0.39 is 0 Å². The predicted molar refractivity (Wildman–Crippen MR) is 65.5 cm³/mol. The first-order valence-electron chi connectivity index (χ1n) is 5.35. The molecule has 0 bridgehead atoms. The van der Waals surface area contributed by atoms with Crippen LogP contribution in [-0.2, 0) is 4.74 Å². The van der Waals surface area contributed by atoms with Crippen LogP contribution >= 0.6 is 15.9 Å². The average Bonchev–Trinajstić information content (AvgIpc) is 2.69. The van der Waals surface area contributed by atoms with Crippen molar-refractivity contribution in [3.8, 4) is 0 Å². The van der Waals surface area contributed by atoms with Crippen LogP contribution in [0.3, 0.4) is 0 Å². The number of morpholine rings is 1. The maximum atomic E-state index is 5.83. The molecule has 0 radical (unpaired) electrons. The van der Waals surface area contributed by atoms with Gasteiger partial charge in [-0.2, -0.15) is 0 Å². The number of rotatable bonds is 1. The number of para-hydroxylation sites is 1. The molecule has 0 saturated carbocycles. The third kappa shape index (κ3) is 1.67. The highest BCUT2D eigenvalue weighted by atomic mass is 79.9. The van der Waals surface area contributed by atoms with E-state index in [0.29, 0.717) is 0 Å². The molecule has 1 saturated heterocycles. The van der Waals surface area contributed by atoms with Crippen LogP contribution in [0.5, 0.6) is 0 Å². The lowest BCUT2D eigenvalue weighted by atomic mass is 10.2. The van der Waals surface area contributed by atoms with Gasteiger partial charge in [0.25, 0.3) is 0 Å². The molecule has 3 rings (SSSR count). The van der Waals surface area contributed by atoms with Gasteiger partial charge in [-0.25, -0.2) is 0 Å². The largest absolute Gasteiger partial charge is 0.457 e. The Morgan fingerprint density at radius 1 is 1.31 bits per heavy atom. The third-order valence-corrected chi connectivity index (χ3v) is 3.60. The third-order valence-electron chi connectivity index (χ3n) is 2.78. The fourth-order valence-corrected chi connectivity index (χ4v) is 2.64. The van der Waals surface area contributed by atoms with E-state index in [1.807, 2.05) is 24.3 Å². The Morgan fingerprint density at radius 2 is 2.19 bits per heavy atom. The van der Waals surface area contributed by atoms with Crippen molar-refractivity contribution in [3.63, 3.8) is 0 Å². The Morgan fingerprint density at radius 3 is 2.94 bits per heavy atom. The van der Waals surface area contributed by atoms with Gasteiger partial charge < -0.3 is 14.5 Å². The monoisotopic (exact) mass is 281 g/mol. The first kappa shape index (κ1) is 10.3. The van der Waals surface area contributed by atoms with Gasteiger partial charge in [-0.05, 0) is 28.1 Å². The summed E-state index contributed by atoms with van der Waals surface area (Å²) in [5.74, 6) is 0.883.